The van der Waals surface area contributed by atoms with Crippen molar-refractivity contribution < 1.29 is 33.9 Å². The maximum absolute atomic E-state index is 14.4. The number of primary amides is 1. The molecule has 1 aliphatic carbocycles. The molecule has 2 aliphatic rings. The molecule has 1 saturated carbocycles. The number of nitrogens with one attached hydrogen (secondary N) is 3. The van der Waals surface area contributed by atoms with Crippen molar-refractivity contribution in [2.45, 2.75) is 98.3 Å². The lowest BCUT2D eigenvalue weighted by Crippen LogP contribution is -2.61. The van der Waals surface area contributed by atoms with Gasteiger partial charge in [-0.15, -0.1) is 6.58 Å². The summed E-state index contributed by atoms with van der Waals surface area (Å²) < 4.78 is 0. The number of nitrogens with two attached hydrogens (primary N) is 1. The molecular formula is C35H51N5O7. The number of nitrogens with zero attached hydrogens (tertiary/aromatic N) is 1. The van der Waals surface area contributed by atoms with Gasteiger partial charge in [0.15, 0.2) is 5.78 Å². The summed E-state index contributed by atoms with van der Waals surface area (Å²) >= 11 is 0. The number of allylic oxidation sites excluding steroid dienone is 1. The summed E-state index contributed by atoms with van der Waals surface area (Å²) in [6.07, 6.45) is 4.11. The average molecular weight is 654 g/mol. The standard InChI is InChI=1S/C35H51N5O7/c1-9-35(7,8)21-17-24(31(45)37-23(16-20-14-15-20)28(43)30(36)44)40(18-21)32(46)29(34(4,5)6)39-33(47)38-26(19(2)3)27(42)22-12-10-11-13-25(22)41/h9-13,19-21,23-24,26,29,41H,1,14-18H2,2-8H3,(H2,36,44)(H,37,45)(H2,38,39,47)/t21-,23?,24+,26+,29-/m1/s1. The molecule has 5 atom stereocenters. The smallest absolute Gasteiger partial charge is 0.316 e. The summed E-state index contributed by atoms with van der Waals surface area (Å²) in [6.45, 7) is 16.9. The highest BCUT2D eigenvalue weighted by Gasteiger charge is 2.48. The molecule has 1 unspecified atom stereocenters. The van der Waals surface area contributed by atoms with Crippen LogP contribution < -0.4 is 21.7 Å². The third-order valence-corrected chi connectivity index (χ3v) is 9.40. The lowest BCUT2D eigenvalue weighted by Gasteiger charge is -2.36. The predicted molar refractivity (Wildman–Crippen MR) is 177 cm³/mol. The Labute approximate surface area is 277 Å². The van der Waals surface area contributed by atoms with Crippen LogP contribution >= 0.6 is 0 Å². The minimum absolute atomic E-state index is 0.0616. The molecule has 6 N–H and O–H groups in total. The maximum atomic E-state index is 14.4. The number of Topliss-reactive ketones (excluding diaryl/α,β-unsaturated/α-hetero) is 2. The lowest BCUT2D eigenvalue weighted by molar-refractivity contribution is -0.143. The van der Waals surface area contributed by atoms with Crippen LogP contribution in [0.5, 0.6) is 5.75 Å². The second-order valence-corrected chi connectivity index (χ2v) is 15.0. The highest BCUT2D eigenvalue weighted by molar-refractivity contribution is 6.37. The van der Waals surface area contributed by atoms with E-state index in [-0.39, 0.29) is 42.0 Å². The third kappa shape index (κ3) is 9.20. The topological polar surface area (TPSA) is 188 Å². The monoisotopic (exact) mass is 653 g/mol. The molecule has 0 spiro atoms. The van der Waals surface area contributed by atoms with E-state index in [4.69, 9.17) is 5.73 Å². The van der Waals surface area contributed by atoms with E-state index in [0.717, 1.165) is 12.8 Å². The van der Waals surface area contributed by atoms with Crippen LogP contribution in [0.4, 0.5) is 4.79 Å². The van der Waals surface area contributed by atoms with Crippen molar-refractivity contribution in [1.29, 1.82) is 0 Å². The molecule has 0 bridgehead atoms. The summed E-state index contributed by atoms with van der Waals surface area (Å²) in [4.78, 5) is 80.8. The number of amides is 5. The molecular weight excluding hydrogens is 602 g/mol. The molecule has 2 fully saturated rings. The SMILES string of the molecule is C=CC(C)(C)[C@@H]1C[C@@H](C(=O)NC(CC2CC2)C(=O)C(N)=O)N(C(=O)[C@@H](NC(=O)N[C@H](C(=O)c2ccccc2O)C(C)C)C(C)(C)C)C1. The molecule has 5 amide bonds. The van der Waals surface area contributed by atoms with Gasteiger partial charge in [-0.25, -0.2) is 4.79 Å². The first-order valence-electron chi connectivity index (χ1n) is 16.3. The minimum Gasteiger partial charge on any atom is -0.507 e. The number of ketones is 2. The Kier molecular flexibility index (Phi) is 11.6. The van der Waals surface area contributed by atoms with Crippen molar-refractivity contribution in [2.75, 3.05) is 6.54 Å². The number of urea groups is 1. The Bertz CT molecular complexity index is 1390. The fourth-order valence-corrected chi connectivity index (χ4v) is 5.90. The second kappa shape index (κ2) is 14.7. The number of hydrogen-bond donors (Lipinski definition) is 5. The first kappa shape index (κ1) is 37.2. The van der Waals surface area contributed by atoms with Gasteiger partial charge in [0.25, 0.3) is 5.91 Å². The van der Waals surface area contributed by atoms with Crippen molar-refractivity contribution in [3.63, 3.8) is 0 Å². The van der Waals surface area contributed by atoms with E-state index >= 15 is 0 Å². The number of aromatic hydroxyl groups is 1. The first-order valence-corrected chi connectivity index (χ1v) is 16.3. The van der Waals surface area contributed by atoms with Crippen LogP contribution in [0.1, 0.15) is 84.5 Å². The van der Waals surface area contributed by atoms with Gasteiger partial charge in [0, 0.05) is 6.54 Å². The summed E-state index contributed by atoms with van der Waals surface area (Å²) in [5.74, 6) is -4.12. The van der Waals surface area contributed by atoms with E-state index in [2.05, 4.69) is 22.5 Å². The van der Waals surface area contributed by atoms with Crippen LogP contribution in [0, 0.1) is 28.6 Å². The minimum atomic E-state index is -1.13. The van der Waals surface area contributed by atoms with Gasteiger partial charge in [-0.2, -0.15) is 0 Å². The van der Waals surface area contributed by atoms with Gasteiger partial charge in [0.05, 0.1) is 17.6 Å². The molecule has 47 heavy (non-hydrogen) atoms. The largest absolute Gasteiger partial charge is 0.507 e. The number of rotatable bonds is 14. The van der Waals surface area contributed by atoms with Crippen LogP contribution in [0.15, 0.2) is 36.9 Å². The predicted octanol–water partition coefficient (Wildman–Crippen LogP) is 3.08. The third-order valence-electron chi connectivity index (χ3n) is 9.40. The normalized spacial score (nSPS) is 20.1. The molecule has 1 heterocycles. The van der Waals surface area contributed by atoms with Crippen LogP contribution in [0.3, 0.4) is 0 Å². The van der Waals surface area contributed by atoms with Gasteiger partial charge in [0.1, 0.15) is 17.8 Å². The molecule has 1 aromatic carbocycles. The van der Waals surface area contributed by atoms with Gasteiger partial charge < -0.3 is 31.7 Å². The van der Waals surface area contributed by atoms with Crippen LogP contribution in [-0.4, -0.2) is 76.0 Å². The average Bonchev–Trinajstić information content (AvgIpc) is 3.69. The van der Waals surface area contributed by atoms with E-state index in [9.17, 15) is 33.9 Å². The van der Waals surface area contributed by atoms with E-state index < -0.39 is 70.3 Å². The number of para-hydroxylation sites is 1. The zero-order chi connectivity index (χ0) is 35.4. The van der Waals surface area contributed by atoms with Gasteiger partial charge in [-0.3, -0.25) is 24.0 Å². The van der Waals surface area contributed by atoms with Gasteiger partial charge in [0.2, 0.25) is 17.6 Å². The Hall–Kier alpha value is -4.22. The van der Waals surface area contributed by atoms with Gasteiger partial charge in [-0.05, 0) is 53.6 Å². The molecule has 0 aromatic heterocycles. The molecule has 0 radical (unpaired) electrons. The van der Waals surface area contributed by atoms with Crippen molar-refractivity contribution in [3.05, 3.63) is 42.5 Å². The molecule has 12 heteroatoms. The molecule has 1 saturated heterocycles. The lowest BCUT2D eigenvalue weighted by atomic mass is 9.77. The highest BCUT2D eigenvalue weighted by atomic mass is 16.3. The zero-order valence-corrected chi connectivity index (χ0v) is 28.6. The zero-order valence-electron chi connectivity index (χ0n) is 28.6. The van der Waals surface area contributed by atoms with E-state index in [0.29, 0.717) is 6.42 Å². The molecule has 3 rings (SSSR count). The first-order chi connectivity index (χ1) is 21.8. The molecule has 1 aromatic rings. The summed E-state index contributed by atoms with van der Waals surface area (Å²) in [6, 6.07) is 1.09. The molecule has 12 nitrogen and oxygen atoms in total. The Morgan fingerprint density at radius 2 is 1.64 bits per heavy atom. The number of phenolic OH excluding ortho intramolecular Hbond substituents is 1. The molecule has 1 aliphatic heterocycles. The Morgan fingerprint density at radius 1 is 1.02 bits per heavy atom. The Morgan fingerprint density at radius 3 is 2.15 bits per heavy atom. The van der Waals surface area contributed by atoms with E-state index in [1.165, 1.54) is 17.0 Å². The maximum Gasteiger partial charge on any atom is 0.316 e. The quantitative estimate of drug-likeness (QED) is 0.116. The van der Waals surface area contributed by atoms with Crippen molar-refractivity contribution in [1.82, 2.24) is 20.9 Å². The summed E-state index contributed by atoms with van der Waals surface area (Å²) in [5.41, 5.74) is 4.06. The second-order valence-electron chi connectivity index (χ2n) is 15.0. The Balaban J connectivity index is 1.88. The van der Waals surface area contributed by atoms with Crippen LogP contribution in [0.2, 0.25) is 0 Å². The number of likely N-dealkylation sites (tertiary alicyclic amines) is 1. The number of phenols is 1. The fourth-order valence-electron chi connectivity index (χ4n) is 5.90. The number of carbonyl (C=O) groups excluding carboxylic acids is 6. The number of hydrogen-bond acceptors (Lipinski definition) is 7. The van der Waals surface area contributed by atoms with Crippen LogP contribution in [-0.2, 0) is 19.2 Å². The summed E-state index contributed by atoms with van der Waals surface area (Å²) in [7, 11) is 0. The van der Waals surface area contributed by atoms with Gasteiger partial charge in [-0.1, -0.05) is 79.5 Å². The van der Waals surface area contributed by atoms with Crippen molar-refractivity contribution in [2.24, 2.45) is 34.3 Å². The number of carbonyl (C=O) groups is 6. The van der Waals surface area contributed by atoms with E-state index in [1.807, 2.05) is 13.8 Å². The van der Waals surface area contributed by atoms with Crippen LogP contribution in [0.25, 0.3) is 0 Å². The summed E-state index contributed by atoms with van der Waals surface area (Å²) in [5, 5.41) is 18.4. The van der Waals surface area contributed by atoms with Crippen molar-refractivity contribution >= 4 is 35.3 Å². The highest BCUT2D eigenvalue weighted by Crippen LogP contribution is 2.40. The molecule has 258 valence electrons. The van der Waals surface area contributed by atoms with Crippen molar-refractivity contribution in [3.8, 4) is 5.75 Å². The fraction of sp³-hybridized carbons (Fsp3) is 0.600. The van der Waals surface area contributed by atoms with E-state index in [1.54, 1.807) is 52.8 Å². The number of benzene rings is 1. The van der Waals surface area contributed by atoms with Gasteiger partial charge >= 0.3 is 6.03 Å².